The SMILES string of the molecule is Cc1ccc(F)cc1COC1CCCC1N. The molecule has 1 aliphatic carbocycles. The molecule has 0 heterocycles. The summed E-state index contributed by atoms with van der Waals surface area (Å²) in [7, 11) is 0. The molecule has 1 aromatic rings. The molecule has 0 amide bonds. The first kappa shape index (κ1) is 11.6. The van der Waals surface area contributed by atoms with Crippen molar-refractivity contribution in [3.63, 3.8) is 0 Å². The van der Waals surface area contributed by atoms with E-state index in [2.05, 4.69) is 0 Å². The van der Waals surface area contributed by atoms with Crippen LogP contribution in [0.1, 0.15) is 30.4 Å². The Morgan fingerprint density at radius 2 is 2.25 bits per heavy atom. The largest absolute Gasteiger partial charge is 0.372 e. The molecule has 0 saturated heterocycles. The van der Waals surface area contributed by atoms with E-state index in [9.17, 15) is 4.39 Å². The van der Waals surface area contributed by atoms with Crippen molar-refractivity contribution in [3.8, 4) is 0 Å². The van der Waals surface area contributed by atoms with Gasteiger partial charge in [-0.05, 0) is 49.4 Å². The van der Waals surface area contributed by atoms with Crippen LogP contribution in [0.5, 0.6) is 0 Å². The smallest absolute Gasteiger partial charge is 0.123 e. The molecule has 1 aromatic carbocycles. The van der Waals surface area contributed by atoms with Gasteiger partial charge in [0.2, 0.25) is 0 Å². The number of ether oxygens (including phenoxy) is 1. The molecule has 0 aliphatic heterocycles. The minimum Gasteiger partial charge on any atom is -0.372 e. The fourth-order valence-electron chi connectivity index (χ4n) is 2.15. The standard InChI is InChI=1S/C13H18FNO/c1-9-5-6-11(14)7-10(9)8-16-13-4-2-3-12(13)15/h5-7,12-13H,2-4,8,15H2,1H3. The zero-order valence-electron chi connectivity index (χ0n) is 9.58. The highest BCUT2D eigenvalue weighted by atomic mass is 19.1. The molecular formula is C13H18FNO. The molecule has 2 N–H and O–H groups in total. The second-order valence-corrected chi connectivity index (χ2v) is 4.52. The van der Waals surface area contributed by atoms with E-state index in [1.54, 1.807) is 6.07 Å². The zero-order valence-corrected chi connectivity index (χ0v) is 9.58. The van der Waals surface area contributed by atoms with Crippen LogP contribution in [0.3, 0.4) is 0 Å². The van der Waals surface area contributed by atoms with Gasteiger partial charge < -0.3 is 10.5 Å². The Morgan fingerprint density at radius 3 is 2.94 bits per heavy atom. The quantitative estimate of drug-likeness (QED) is 0.854. The number of hydrogen-bond donors (Lipinski definition) is 1. The average Bonchev–Trinajstić information content (AvgIpc) is 2.66. The van der Waals surface area contributed by atoms with Gasteiger partial charge in [-0.2, -0.15) is 0 Å². The van der Waals surface area contributed by atoms with Crippen LogP contribution in [0.4, 0.5) is 4.39 Å². The predicted octanol–water partition coefficient (Wildman–Crippen LogP) is 2.53. The summed E-state index contributed by atoms with van der Waals surface area (Å²) in [6.45, 7) is 2.43. The van der Waals surface area contributed by atoms with Crippen LogP contribution < -0.4 is 5.73 Å². The van der Waals surface area contributed by atoms with Gasteiger partial charge in [0.1, 0.15) is 5.82 Å². The summed E-state index contributed by atoms with van der Waals surface area (Å²) in [5.74, 6) is -0.208. The predicted molar refractivity (Wildman–Crippen MR) is 61.5 cm³/mol. The molecule has 16 heavy (non-hydrogen) atoms. The topological polar surface area (TPSA) is 35.2 Å². The minimum absolute atomic E-state index is 0.141. The fourth-order valence-corrected chi connectivity index (χ4v) is 2.15. The Balaban J connectivity index is 1.96. The van der Waals surface area contributed by atoms with E-state index in [0.29, 0.717) is 6.61 Å². The van der Waals surface area contributed by atoms with Crippen LogP contribution in [-0.4, -0.2) is 12.1 Å². The highest BCUT2D eigenvalue weighted by Crippen LogP contribution is 2.22. The summed E-state index contributed by atoms with van der Waals surface area (Å²) in [6.07, 6.45) is 3.33. The first-order valence-electron chi connectivity index (χ1n) is 5.79. The van der Waals surface area contributed by atoms with Crippen LogP contribution in [0.2, 0.25) is 0 Å². The number of benzene rings is 1. The normalized spacial score (nSPS) is 24.9. The van der Waals surface area contributed by atoms with Crippen molar-refractivity contribution in [2.45, 2.75) is 44.9 Å². The molecule has 1 aliphatic rings. The molecule has 1 fully saturated rings. The van der Waals surface area contributed by atoms with E-state index in [-0.39, 0.29) is 18.0 Å². The van der Waals surface area contributed by atoms with E-state index in [0.717, 1.165) is 30.4 Å². The third-order valence-electron chi connectivity index (χ3n) is 3.27. The van der Waals surface area contributed by atoms with Crippen molar-refractivity contribution in [3.05, 3.63) is 35.1 Å². The Bertz CT molecular complexity index is 367. The monoisotopic (exact) mass is 223 g/mol. The molecule has 2 rings (SSSR count). The molecule has 0 radical (unpaired) electrons. The number of nitrogens with two attached hydrogens (primary N) is 1. The zero-order chi connectivity index (χ0) is 11.5. The van der Waals surface area contributed by atoms with Crippen molar-refractivity contribution in [1.29, 1.82) is 0 Å². The minimum atomic E-state index is -0.208. The van der Waals surface area contributed by atoms with E-state index in [4.69, 9.17) is 10.5 Å². The van der Waals surface area contributed by atoms with Crippen molar-refractivity contribution < 1.29 is 9.13 Å². The van der Waals surface area contributed by atoms with Gasteiger partial charge in [0, 0.05) is 6.04 Å². The summed E-state index contributed by atoms with van der Waals surface area (Å²) < 4.78 is 18.8. The first-order chi connectivity index (χ1) is 7.66. The third-order valence-corrected chi connectivity index (χ3v) is 3.27. The van der Waals surface area contributed by atoms with E-state index >= 15 is 0 Å². The number of halogens is 1. The van der Waals surface area contributed by atoms with E-state index in [1.165, 1.54) is 12.1 Å². The molecule has 0 spiro atoms. The summed E-state index contributed by atoms with van der Waals surface area (Å²) in [5, 5.41) is 0. The van der Waals surface area contributed by atoms with Crippen LogP contribution in [0.15, 0.2) is 18.2 Å². The van der Waals surface area contributed by atoms with Crippen molar-refractivity contribution >= 4 is 0 Å². The highest BCUT2D eigenvalue weighted by Gasteiger charge is 2.24. The molecule has 1 saturated carbocycles. The van der Waals surface area contributed by atoms with Gasteiger partial charge in [-0.1, -0.05) is 6.07 Å². The van der Waals surface area contributed by atoms with Gasteiger partial charge in [0.05, 0.1) is 12.7 Å². The first-order valence-corrected chi connectivity index (χ1v) is 5.79. The van der Waals surface area contributed by atoms with Gasteiger partial charge in [0.25, 0.3) is 0 Å². The molecule has 88 valence electrons. The van der Waals surface area contributed by atoms with Gasteiger partial charge in [-0.25, -0.2) is 4.39 Å². The van der Waals surface area contributed by atoms with Crippen LogP contribution in [0, 0.1) is 12.7 Å². The maximum Gasteiger partial charge on any atom is 0.123 e. The fraction of sp³-hybridized carbons (Fsp3) is 0.538. The molecule has 0 bridgehead atoms. The molecule has 2 atom stereocenters. The second-order valence-electron chi connectivity index (χ2n) is 4.52. The molecule has 2 nitrogen and oxygen atoms in total. The van der Waals surface area contributed by atoms with Gasteiger partial charge >= 0.3 is 0 Å². The summed E-state index contributed by atoms with van der Waals surface area (Å²) >= 11 is 0. The molecule has 2 unspecified atom stereocenters. The van der Waals surface area contributed by atoms with Crippen molar-refractivity contribution in [1.82, 2.24) is 0 Å². The number of aryl methyl sites for hydroxylation is 1. The van der Waals surface area contributed by atoms with Gasteiger partial charge in [-0.15, -0.1) is 0 Å². The van der Waals surface area contributed by atoms with E-state index < -0.39 is 0 Å². The summed E-state index contributed by atoms with van der Waals surface area (Å²) in [5.41, 5.74) is 7.89. The van der Waals surface area contributed by atoms with Gasteiger partial charge in [0.15, 0.2) is 0 Å². The lowest BCUT2D eigenvalue weighted by Gasteiger charge is -2.17. The highest BCUT2D eigenvalue weighted by molar-refractivity contribution is 5.25. The summed E-state index contributed by atoms with van der Waals surface area (Å²) in [4.78, 5) is 0. The summed E-state index contributed by atoms with van der Waals surface area (Å²) in [6, 6.07) is 4.94. The lowest BCUT2D eigenvalue weighted by Crippen LogP contribution is -2.31. The molecule has 3 heteroatoms. The Labute approximate surface area is 95.6 Å². The number of rotatable bonds is 3. The molecule has 0 aromatic heterocycles. The molecular weight excluding hydrogens is 205 g/mol. The van der Waals surface area contributed by atoms with E-state index in [1.807, 2.05) is 6.92 Å². The van der Waals surface area contributed by atoms with Crippen molar-refractivity contribution in [2.24, 2.45) is 5.73 Å². The average molecular weight is 223 g/mol. The maximum absolute atomic E-state index is 13.0. The van der Waals surface area contributed by atoms with Gasteiger partial charge in [-0.3, -0.25) is 0 Å². The third kappa shape index (κ3) is 2.60. The van der Waals surface area contributed by atoms with Crippen LogP contribution in [0.25, 0.3) is 0 Å². The van der Waals surface area contributed by atoms with Crippen LogP contribution >= 0.6 is 0 Å². The number of hydrogen-bond acceptors (Lipinski definition) is 2. The Morgan fingerprint density at radius 1 is 1.44 bits per heavy atom. The Kier molecular flexibility index (Phi) is 3.56. The van der Waals surface area contributed by atoms with Crippen molar-refractivity contribution in [2.75, 3.05) is 0 Å². The maximum atomic E-state index is 13.0. The Hall–Kier alpha value is -0.930. The van der Waals surface area contributed by atoms with Crippen LogP contribution in [-0.2, 0) is 11.3 Å². The second kappa shape index (κ2) is 4.93. The lowest BCUT2D eigenvalue weighted by atomic mass is 10.1. The lowest BCUT2D eigenvalue weighted by molar-refractivity contribution is 0.0353.